The number of sulfone groups is 1. The van der Waals surface area contributed by atoms with Gasteiger partial charge in [0.25, 0.3) is 6.01 Å². The number of hydrogen-bond donors (Lipinski definition) is 1. The molecule has 0 saturated carbocycles. The highest BCUT2D eigenvalue weighted by molar-refractivity contribution is 7.91. The van der Waals surface area contributed by atoms with Crippen LogP contribution in [0.4, 0.5) is 16.5 Å². The van der Waals surface area contributed by atoms with Gasteiger partial charge in [0.05, 0.1) is 34.8 Å². The number of fused-ring (bicyclic) bond motifs is 3. The molecule has 7 rings (SSSR count). The Hall–Kier alpha value is -2.86. The van der Waals surface area contributed by atoms with Crippen LogP contribution in [-0.2, 0) is 9.84 Å². The Kier molecular flexibility index (Phi) is 4.37. The lowest BCUT2D eigenvalue weighted by Gasteiger charge is -2.54. The van der Waals surface area contributed by atoms with Crippen LogP contribution < -0.4 is 9.80 Å². The summed E-state index contributed by atoms with van der Waals surface area (Å²) >= 11 is 1.51. The predicted molar refractivity (Wildman–Crippen MR) is 120 cm³/mol. The van der Waals surface area contributed by atoms with Gasteiger partial charge in [0.2, 0.25) is 0 Å². The SMILES string of the molecule is O=C(O)N1C2CC1CN(c1nc3c(N4CCS(=O)(=O)CC4)ccc(-c4nccs4)c3o1)C2. The summed E-state index contributed by atoms with van der Waals surface area (Å²) in [6, 6.07) is 4.28. The maximum atomic E-state index is 11.9. The van der Waals surface area contributed by atoms with E-state index in [4.69, 9.17) is 9.40 Å². The number of carbonyl (C=O) groups is 1. The van der Waals surface area contributed by atoms with Crippen molar-refractivity contribution in [2.24, 2.45) is 0 Å². The number of rotatable bonds is 3. The molecule has 10 nitrogen and oxygen atoms in total. The second kappa shape index (κ2) is 7.07. The second-order valence-electron chi connectivity index (χ2n) is 8.42. The number of amides is 1. The first kappa shape index (κ1) is 19.8. The predicted octanol–water partition coefficient (Wildman–Crippen LogP) is 2.13. The largest absolute Gasteiger partial charge is 0.465 e. The van der Waals surface area contributed by atoms with Crippen LogP contribution in [0.2, 0.25) is 0 Å². The van der Waals surface area contributed by atoms with Crippen molar-refractivity contribution < 1.29 is 22.7 Å². The van der Waals surface area contributed by atoms with Crippen LogP contribution in [0.15, 0.2) is 28.1 Å². The summed E-state index contributed by atoms with van der Waals surface area (Å²) < 4.78 is 30.1. The minimum Gasteiger partial charge on any atom is -0.465 e. The van der Waals surface area contributed by atoms with Crippen LogP contribution in [0, 0.1) is 0 Å². The number of hydrogen-bond acceptors (Lipinski definition) is 9. The number of carboxylic acid groups (broad SMARTS) is 1. The molecule has 2 aromatic heterocycles. The lowest BCUT2D eigenvalue weighted by Crippen LogP contribution is -2.70. The quantitative estimate of drug-likeness (QED) is 0.607. The average Bonchev–Trinajstić information content (AvgIpc) is 3.43. The third-order valence-electron chi connectivity index (χ3n) is 6.54. The van der Waals surface area contributed by atoms with E-state index in [-0.39, 0.29) is 23.6 Å². The molecule has 6 heterocycles. The van der Waals surface area contributed by atoms with Crippen LogP contribution in [-0.4, -0.2) is 84.3 Å². The first-order chi connectivity index (χ1) is 15.4. The molecule has 32 heavy (non-hydrogen) atoms. The maximum Gasteiger partial charge on any atom is 0.407 e. The Balaban J connectivity index is 1.39. The van der Waals surface area contributed by atoms with E-state index < -0.39 is 15.9 Å². The Morgan fingerprint density at radius 3 is 2.56 bits per heavy atom. The molecule has 4 saturated heterocycles. The third kappa shape index (κ3) is 3.12. The summed E-state index contributed by atoms with van der Waals surface area (Å²) in [6.07, 6.45) is 1.73. The Morgan fingerprint density at radius 1 is 1.16 bits per heavy atom. The van der Waals surface area contributed by atoms with E-state index in [1.807, 2.05) is 27.3 Å². The number of benzene rings is 1. The van der Waals surface area contributed by atoms with Crippen LogP contribution >= 0.6 is 11.3 Å². The molecular weight excluding hydrogens is 454 g/mol. The fourth-order valence-corrected chi connectivity index (χ4v) is 6.79. The van der Waals surface area contributed by atoms with Gasteiger partial charge in [-0.1, -0.05) is 0 Å². The summed E-state index contributed by atoms with van der Waals surface area (Å²) in [4.78, 5) is 26.2. The summed E-state index contributed by atoms with van der Waals surface area (Å²) in [5.41, 5.74) is 2.99. The highest BCUT2D eigenvalue weighted by atomic mass is 32.2. The fourth-order valence-electron chi connectivity index (χ4n) is 4.93. The van der Waals surface area contributed by atoms with Crippen LogP contribution in [0.3, 0.4) is 0 Å². The summed E-state index contributed by atoms with van der Waals surface area (Å²) in [6.45, 7) is 1.91. The molecule has 4 aliphatic rings. The first-order valence-corrected chi connectivity index (χ1v) is 13.1. The summed E-state index contributed by atoms with van der Waals surface area (Å²) in [7, 11) is -3.00. The van der Waals surface area contributed by atoms with E-state index in [9.17, 15) is 18.3 Å². The number of piperidine rings is 1. The van der Waals surface area contributed by atoms with E-state index in [1.54, 1.807) is 6.20 Å². The topological polar surface area (TPSA) is 120 Å². The minimum absolute atomic E-state index is 0.0496. The van der Waals surface area contributed by atoms with Crippen LogP contribution in [0.1, 0.15) is 6.42 Å². The number of thiazole rings is 1. The second-order valence-corrected chi connectivity index (χ2v) is 11.6. The van der Waals surface area contributed by atoms with E-state index in [0.717, 1.165) is 22.7 Å². The highest BCUT2D eigenvalue weighted by Gasteiger charge is 2.48. The van der Waals surface area contributed by atoms with Gasteiger partial charge in [-0.3, -0.25) is 4.90 Å². The summed E-state index contributed by atoms with van der Waals surface area (Å²) in [5, 5.41) is 12.1. The average molecular weight is 476 g/mol. The van der Waals surface area contributed by atoms with E-state index in [2.05, 4.69) is 4.98 Å². The maximum absolute atomic E-state index is 11.9. The van der Waals surface area contributed by atoms with Gasteiger partial charge >= 0.3 is 6.09 Å². The van der Waals surface area contributed by atoms with Crippen molar-refractivity contribution in [3.8, 4) is 10.6 Å². The fraction of sp³-hybridized carbons (Fsp3) is 0.450. The molecule has 2 atom stereocenters. The van der Waals surface area contributed by atoms with Crippen molar-refractivity contribution in [2.75, 3.05) is 47.5 Å². The van der Waals surface area contributed by atoms with Gasteiger partial charge in [-0.15, -0.1) is 11.3 Å². The van der Waals surface area contributed by atoms with E-state index >= 15 is 0 Å². The van der Waals surface area contributed by atoms with Crippen molar-refractivity contribution in [1.82, 2.24) is 14.9 Å². The van der Waals surface area contributed by atoms with Gasteiger partial charge in [-0.2, -0.15) is 4.98 Å². The molecule has 4 aliphatic heterocycles. The zero-order valence-corrected chi connectivity index (χ0v) is 18.7. The van der Waals surface area contributed by atoms with Gasteiger partial charge in [0.15, 0.2) is 15.4 Å². The van der Waals surface area contributed by atoms with Crippen molar-refractivity contribution in [2.45, 2.75) is 18.5 Å². The molecule has 0 aliphatic carbocycles. The lowest BCUT2D eigenvalue weighted by atomic mass is 9.88. The van der Waals surface area contributed by atoms with Crippen LogP contribution in [0.5, 0.6) is 0 Å². The molecule has 4 fully saturated rings. The molecule has 3 aromatic rings. The van der Waals surface area contributed by atoms with Crippen molar-refractivity contribution in [3.05, 3.63) is 23.7 Å². The summed E-state index contributed by atoms with van der Waals surface area (Å²) in [5.74, 6) is 0.238. The molecule has 12 heteroatoms. The van der Waals surface area contributed by atoms with E-state index in [1.165, 1.54) is 16.2 Å². The number of anilines is 2. The molecule has 2 bridgehead atoms. The molecule has 0 radical (unpaired) electrons. The van der Waals surface area contributed by atoms with Gasteiger partial charge < -0.3 is 19.3 Å². The van der Waals surface area contributed by atoms with Crippen molar-refractivity contribution in [3.63, 3.8) is 0 Å². The monoisotopic (exact) mass is 475 g/mol. The number of aromatic nitrogens is 2. The molecule has 1 N–H and O–H groups in total. The molecule has 2 unspecified atom stereocenters. The third-order valence-corrected chi connectivity index (χ3v) is 8.96. The molecule has 168 valence electrons. The first-order valence-electron chi connectivity index (χ1n) is 10.4. The molecule has 1 amide bonds. The van der Waals surface area contributed by atoms with Crippen molar-refractivity contribution in [1.29, 1.82) is 0 Å². The number of oxazole rings is 1. The van der Waals surface area contributed by atoms with E-state index in [0.29, 0.717) is 43.3 Å². The highest BCUT2D eigenvalue weighted by Crippen LogP contribution is 2.40. The smallest absolute Gasteiger partial charge is 0.407 e. The van der Waals surface area contributed by atoms with Gasteiger partial charge in [0, 0.05) is 37.8 Å². The molecule has 1 aromatic carbocycles. The number of piperazine rings is 1. The van der Waals surface area contributed by atoms with Crippen molar-refractivity contribution >= 4 is 50.1 Å². The Labute approximate surface area is 188 Å². The normalized spacial score (nSPS) is 24.6. The van der Waals surface area contributed by atoms with Gasteiger partial charge in [-0.05, 0) is 18.6 Å². The zero-order valence-electron chi connectivity index (χ0n) is 17.0. The lowest BCUT2D eigenvalue weighted by molar-refractivity contribution is 0.0101. The van der Waals surface area contributed by atoms with Gasteiger partial charge in [0.1, 0.15) is 10.5 Å². The number of nitrogens with zero attached hydrogens (tertiary/aromatic N) is 5. The van der Waals surface area contributed by atoms with Crippen LogP contribution in [0.25, 0.3) is 21.7 Å². The van der Waals surface area contributed by atoms with Gasteiger partial charge in [-0.25, -0.2) is 18.2 Å². The Morgan fingerprint density at radius 2 is 1.91 bits per heavy atom. The Bertz CT molecular complexity index is 1280. The standard InChI is InChI=1S/C20H21N5O5S2/c26-20(27)25-12-9-13(25)11-24(10-12)19-22-16-15(23-4-7-32(28,29)8-5-23)2-1-14(17(16)30-19)18-21-3-6-31-18/h1-3,6,12-13H,4-5,7-11H2,(H,26,27). The zero-order chi connectivity index (χ0) is 22.0. The molecule has 0 spiro atoms. The minimum atomic E-state index is -3.00. The molecular formula is C20H21N5O5S2.